The van der Waals surface area contributed by atoms with Gasteiger partial charge in [-0.1, -0.05) is 69.4 Å². The van der Waals surface area contributed by atoms with Crippen LogP contribution in [-0.4, -0.2) is 28.8 Å². The molecule has 5 nitrogen and oxygen atoms in total. The number of carbonyl (C=O) groups excluding carboxylic acids is 1. The fraction of sp³-hybridized carbons (Fsp3) is 0.364. The van der Waals surface area contributed by atoms with Crippen LogP contribution < -0.4 is 0 Å². The standard InChI is InChI=1S/C15H22O3.C7H6O2/c1-2-3-4-5-6-9-12-18-15(17)13-10-7-8-11-14(13)16;8-7(9)6-4-2-1-3-5-6/h7-8,10-11,16H,2-6,9,12H2,1H3;1-5H,(H,8,9). The van der Waals surface area contributed by atoms with E-state index in [9.17, 15) is 14.7 Å². The Bertz CT molecular complexity index is 682. The van der Waals surface area contributed by atoms with Crippen LogP contribution in [0.4, 0.5) is 0 Å². The zero-order chi connectivity index (χ0) is 19.9. The van der Waals surface area contributed by atoms with E-state index in [0.717, 1.165) is 12.8 Å². The lowest BCUT2D eigenvalue weighted by atomic mass is 10.1. The molecule has 2 aromatic rings. The average Bonchev–Trinajstić information content (AvgIpc) is 2.68. The van der Waals surface area contributed by atoms with Crippen molar-refractivity contribution in [3.8, 4) is 5.75 Å². The first kappa shape index (κ1) is 22.2. The number of para-hydroxylation sites is 1. The van der Waals surface area contributed by atoms with Gasteiger partial charge < -0.3 is 14.9 Å². The number of hydrogen-bond donors (Lipinski definition) is 2. The van der Waals surface area contributed by atoms with Crippen LogP contribution in [0.25, 0.3) is 0 Å². The topological polar surface area (TPSA) is 83.8 Å². The normalized spacial score (nSPS) is 9.81. The van der Waals surface area contributed by atoms with Gasteiger partial charge >= 0.3 is 11.9 Å². The predicted octanol–water partition coefficient (Wildman–Crippen LogP) is 5.29. The van der Waals surface area contributed by atoms with E-state index < -0.39 is 11.9 Å². The highest BCUT2D eigenvalue weighted by molar-refractivity contribution is 5.92. The van der Waals surface area contributed by atoms with Crippen LogP contribution in [0, 0.1) is 0 Å². The van der Waals surface area contributed by atoms with Gasteiger partial charge in [0, 0.05) is 0 Å². The summed E-state index contributed by atoms with van der Waals surface area (Å²) in [6.45, 7) is 2.62. The molecule has 0 unspecified atom stereocenters. The third kappa shape index (κ3) is 9.45. The number of aromatic carboxylic acids is 1. The molecule has 2 N–H and O–H groups in total. The Morgan fingerprint density at radius 2 is 1.44 bits per heavy atom. The van der Waals surface area contributed by atoms with E-state index in [4.69, 9.17) is 9.84 Å². The zero-order valence-electron chi connectivity index (χ0n) is 15.8. The number of benzene rings is 2. The maximum atomic E-state index is 11.6. The highest BCUT2D eigenvalue weighted by Gasteiger charge is 2.10. The molecule has 0 bridgehead atoms. The van der Waals surface area contributed by atoms with Crippen molar-refractivity contribution in [1.82, 2.24) is 0 Å². The number of ether oxygens (including phenoxy) is 1. The van der Waals surface area contributed by atoms with E-state index in [1.807, 2.05) is 0 Å². The monoisotopic (exact) mass is 372 g/mol. The van der Waals surface area contributed by atoms with Crippen molar-refractivity contribution in [2.24, 2.45) is 0 Å². The van der Waals surface area contributed by atoms with Crippen molar-refractivity contribution in [3.63, 3.8) is 0 Å². The molecule has 2 rings (SSSR count). The van der Waals surface area contributed by atoms with E-state index in [1.54, 1.807) is 48.5 Å². The molecular weight excluding hydrogens is 344 g/mol. The lowest BCUT2D eigenvalue weighted by molar-refractivity contribution is 0.0494. The third-order valence-electron chi connectivity index (χ3n) is 3.88. The third-order valence-corrected chi connectivity index (χ3v) is 3.88. The molecule has 0 spiro atoms. The summed E-state index contributed by atoms with van der Waals surface area (Å²) in [6.07, 6.45) is 6.95. The number of carboxylic acid groups (broad SMARTS) is 1. The molecule has 0 aliphatic rings. The number of unbranched alkanes of at least 4 members (excludes halogenated alkanes) is 5. The first-order chi connectivity index (χ1) is 13.1. The number of hydrogen-bond acceptors (Lipinski definition) is 4. The van der Waals surface area contributed by atoms with Crippen LogP contribution in [0.3, 0.4) is 0 Å². The fourth-order valence-electron chi connectivity index (χ4n) is 2.35. The van der Waals surface area contributed by atoms with Gasteiger partial charge in [-0.15, -0.1) is 0 Å². The quantitative estimate of drug-likeness (QED) is 0.461. The van der Waals surface area contributed by atoms with Gasteiger partial charge in [-0.2, -0.15) is 0 Å². The summed E-state index contributed by atoms with van der Waals surface area (Å²) < 4.78 is 5.12. The maximum absolute atomic E-state index is 11.6. The number of phenols is 1. The molecule has 146 valence electrons. The molecule has 0 radical (unpaired) electrons. The van der Waals surface area contributed by atoms with E-state index >= 15 is 0 Å². The first-order valence-corrected chi connectivity index (χ1v) is 9.29. The molecule has 0 atom stereocenters. The SMILES string of the molecule is CCCCCCCCOC(=O)c1ccccc1O.O=C(O)c1ccccc1. The molecule has 27 heavy (non-hydrogen) atoms. The summed E-state index contributed by atoms with van der Waals surface area (Å²) in [5.41, 5.74) is 0.570. The molecule has 0 aromatic heterocycles. The van der Waals surface area contributed by atoms with Gasteiger partial charge in [-0.05, 0) is 30.7 Å². The average molecular weight is 372 g/mol. The van der Waals surface area contributed by atoms with E-state index in [2.05, 4.69) is 6.92 Å². The molecule has 2 aromatic carbocycles. The Morgan fingerprint density at radius 3 is 2.04 bits per heavy atom. The number of carbonyl (C=O) groups is 2. The predicted molar refractivity (Wildman–Crippen MR) is 105 cm³/mol. The van der Waals surface area contributed by atoms with Crippen LogP contribution in [0.15, 0.2) is 54.6 Å². The molecule has 0 heterocycles. The van der Waals surface area contributed by atoms with Crippen LogP contribution in [0.1, 0.15) is 66.2 Å². The number of phenolic OH excluding ortho intramolecular Hbond substituents is 1. The van der Waals surface area contributed by atoms with Crippen molar-refractivity contribution in [1.29, 1.82) is 0 Å². The lowest BCUT2D eigenvalue weighted by Crippen LogP contribution is -2.06. The van der Waals surface area contributed by atoms with Crippen LogP contribution in [0.5, 0.6) is 5.75 Å². The molecule has 5 heteroatoms. The second kappa shape index (κ2) is 13.4. The maximum Gasteiger partial charge on any atom is 0.341 e. The zero-order valence-corrected chi connectivity index (χ0v) is 15.8. The van der Waals surface area contributed by atoms with Crippen molar-refractivity contribution in [3.05, 3.63) is 65.7 Å². The lowest BCUT2D eigenvalue weighted by Gasteiger charge is -2.06. The molecule has 0 aliphatic heterocycles. The Labute approximate surface area is 160 Å². The van der Waals surface area contributed by atoms with Crippen LogP contribution in [-0.2, 0) is 4.74 Å². The first-order valence-electron chi connectivity index (χ1n) is 9.29. The van der Waals surface area contributed by atoms with E-state index in [-0.39, 0.29) is 11.3 Å². The van der Waals surface area contributed by atoms with E-state index in [0.29, 0.717) is 12.2 Å². The smallest absolute Gasteiger partial charge is 0.341 e. The highest BCUT2D eigenvalue weighted by atomic mass is 16.5. The van der Waals surface area contributed by atoms with Gasteiger partial charge in [-0.3, -0.25) is 0 Å². The number of rotatable bonds is 9. The van der Waals surface area contributed by atoms with Crippen LogP contribution in [0.2, 0.25) is 0 Å². The number of aromatic hydroxyl groups is 1. The Balaban J connectivity index is 0.000000337. The minimum Gasteiger partial charge on any atom is -0.507 e. The van der Waals surface area contributed by atoms with Gasteiger partial charge in [0.1, 0.15) is 11.3 Å². The summed E-state index contributed by atoms with van der Waals surface area (Å²) in [6, 6.07) is 14.7. The summed E-state index contributed by atoms with van der Waals surface area (Å²) in [5, 5.41) is 17.9. The van der Waals surface area contributed by atoms with Crippen molar-refractivity contribution in [2.45, 2.75) is 45.4 Å². The fourth-order valence-corrected chi connectivity index (χ4v) is 2.35. The van der Waals surface area contributed by atoms with Crippen LogP contribution >= 0.6 is 0 Å². The Hall–Kier alpha value is -2.82. The highest BCUT2D eigenvalue weighted by Crippen LogP contribution is 2.16. The van der Waals surface area contributed by atoms with Gasteiger partial charge in [0.2, 0.25) is 0 Å². The molecule has 0 aliphatic carbocycles. The van der Waals surface area contributed by atoms with Gasteiger partial charge in [-0.25, -0.2) is 9.59 Å². The summed E-state index contributed by atoms with van der Waals surface area (Å²) >= 11 is 0. The van der Waals surface area contributed by atoms with Gasteiger partial charge in [0.05, 0.1) is 12.2 Å². The minimum atomic E-state index is -0.879. The second-order valence-electron chi connectivity index (χ2n) is 6.09. The number of carboxylic acids is 1. The summed E-state index contributed by atoms with van der Waals surface area (Å²) in [7, 11) is 0. The molecule has 0 saturated carbocycles. The second-order valence-corrected chi connectivity index (χ2v) is 6.09. The van der Waals surface area contributed by atoms with Crippen molar-refractivity contribution < 1.29 is 24.5 Å². The molecular formula is C22H28O5. The number of esters is 1. The van der Waals surface area contributed by atoms with Crippen molar-refractivity contribution >= 4 is 11.9 Å². The summed E-state index contributed by atoms with van der Waals surface area (Å²) in [4.78, 5) is 21.8. The molecule has 0 fully saturated rings. The Kier molecular flexibility index (Phi) is 11.0. The molecule has 0 amide bonds. The van der Waals surface area contributed by atoms with Crippen molar-refractivity contribution in [2.75, 3.05) is 6.61 Å². The summed E-state index contributed by atoms with van der Waals surface area (Å²) in [5.74, 6) is -1.34. The minimum absolute atomic E-state index is 0.0227. The van der Waals surface area contributed by atoms with Gasteiger partial charge in [0.15, 0.2) is 0 Å². The largest absolute Gasteiger partial charge is 0.507 e. The Morgan fingerprint density at radius 1 is 0.852 bits per heavy atom. The molecule has 0 saturated heterocycles. The van der Waals surface area contributed by atoms with Gasteiger partial charge in [0.25, 0.3) is 0 Å². The van der Waals surface area contributed by atoms with E-state index in [1.165, 1.54) is 31.7 Å².